The van der Waals surface area contributed by atoms with Crippen LogP contribution < -0.4 is 5.73 Å². The van der Waals surface area contributed by atoms with Gasteiger partial charge in [0.25, 0.3) is 0 Å². The lowest BCUT2D eigenvalue weighted by Crippen LogP contribution is -2.26. The second kappa shape index (κ2) is 4.35. The second-order valence-corrected chi connectivity index (χ2v) is 3.94. The largest absolute Gasteiger partial charge is 0.383 e. The molecule has 16 heavy (non-hydrogen) atoms. The number of rotatable bonds is 2. The van der Waals surface area contributed by atoms with Gasteiger partial charge in [-0.05, 0) is 6.42 Å². The van der Waals surface area contributed by atoms with E-state index in [0.29, 0.717) is 5.84 Å². The van der Waals surface area contributed by atoms with Crippen molar-refractivity contribution in [3.8, 4) is 0 Å². The van der Waals surface area contributed by atoms with E-state index in [4.69, 9.17) is 5.73 Å². The zero-order valence-corrected chi connectivity index (χ0v) is 9.26. The van der Waals surface area contributed by atoms with Gasteiger partial charge >= 0.3 is 0 Å². The van der Waals surface area contributed by atoms with Gasteiger partial charge in [-0.2, -0.15) is 0 Å². The minimum Gasteiger partial charge on any atom is -0.383 e. The topological polar surface area (TPSA) is 58.7 Å². The first-order valence-electron chi connectivity index (χ1n) is 5.32. The van der Waals surface area contributed by atoms with Gasteiger partial charge in [0, 0.05) is 19.2 Å². The number of nitrogens with two attached hydrogens (primary N) is 1. The highest BCUT2D eigenvalue weighted by atomic mass is 16.2. The van der Waals surface area contributed by atoms with Gasteiger partial charge in [-0.15, -0.1) is 0 Å². The lowest BCUT2D eigenvalue weighted by atomic mass is 10.2. The van der Waals surface area contributed by atoms with E-state index in [1.54, 1.807) is 11.9 Å². The van der Waals surface area contributed by atoms with Gasteiger partial charge in [0.1, 0.15) is 11.9 Å². The molecule has 1 aromatic rings. The van der Waals surface area contributed by atoms with Crippen molar-refractivity contribution >= 4 is 11.7 Å². The fourth-order valence-corrected chi connectivity index (χ4v) is 1.78. The van der Waals surface area contributed by atoms with E-state index in [0.717, 1.165) is 18.5 Å². The molecule has 0 aromatic heterocycles. The van der Waals surface area contributed by atoms with E-state index in [9.17, 15) is 4.79 Å². The predicted molar refractivity (Wildman–Crippen MR) is 63.2 cm³/mol. The normalized spacial score (nSPS) is 21.6. The van der Waals surface area contributed by atoms with E-state index in [-0.39, 0.29) is 11.9 Å². The van der Waals surface area contributed by atoms with Crippen LogP contribution >= 0.6 is 0 Å². The lowest BCUT2D eigenvalue weighted by Gasteiger charge is -2.07. The molecule has 1 heterocycles. The summed E-state index contributed by atoms with van der Waals surface area (Å²) < 4.78 is 0. The van der Waals surface area contributed by atoms with Crippen molar-refractivity contribution in [2.24, 2.45) is 10.7 Å². The third-order valence-corrected chi connectivity index (χ3v) is 2.76. The molecule has 0 bridgehead atoms. The summed E-state index contributed by atoms with van der Waals surface area (Å²) >= 11 is 0. The molecule has 0 spiro atoms. The van der Waals surface area contributed by atoms with Gasteiger partial charge in [0.15, 0.2) is 0 Å². The Morgan fingerprint density at radius 3 is 2.69 bits per heavy atom. The van der Waals surface area contributed by atoms with Crippen molar-refractivity contribution in [3.05, 3.63) is 35.9 Å². The summed E-state index contributed by atoms with van der Waals surface area (Å²) in [6.45, 7) is 0.759. The first kappa shape index (κ1) is 10.7. The number of carbonyl (C=O) groups is 1. The zero-order chi connectivity index (χ0) is 11.5. The van der Waals surface area contributed by atoms with E-state index >= 15 is 0 Å². The minimum atomic E-state index is -0.301. The van der Waals surface area contributed by atoms with Crippen LogP contribution in [0.2, 0.25) is 0 Å². The maximum Gasteiger partial charge on any atom is 0.247 e. The molecule has 1 unspecified atom stereocenters. The molecule has 2 N–H and O–H groups in total. The van der Waals surface area contributed by atoms with E-state index in [1.165, 1.54) is 0 Å². The summed E-state index contributed by atoms with van der Waals surface area (Å²) in [6.07, 6.45) is 0.753. The Bertz CT molecular complexity index is 414. The third-order valence-electron chi connectivity index (χ3n) is 2.76. The molecule has 0 saturated carbocycles. The molecule has 2 rings (SSSR count). The number of likely N-dealkylation sites (tertiary alicyclic amines) is 1. The fraction of sp³-hybridized carbons (Fsp3) is 0.333. The van der Waals surface area contributed by atoms with Crippen LogP contribution in [0.3, 0.4) is 0 Å². The predicted octanol–water partition coefficient (Wildman–Crippen LogP) is 0.623. The number of hydrogen-bond acceptors (Lipinski definition) is 2. The number of benzene rings is 1. The van der Waals surface area contributed by atoms with Gasteiger partial charge < -0.3 is 10.6 Å². The van der Waals surface area contributed by atoms with Crippen LogP contribution in [-0.2, 0) is 4.79 Å². The van der Waals surface area contributed by atoms with Crippen molar-refractivity contribution < 1.29 is 4.79 Å². The molecule has 0 aliphatic carbocycles. The zero-order valence-electron chi connectivity index (χ0n) is 9.26. The maximum absolute atomic E-state index is 11.6. The van der Waals surface area contributed by atoms with Gasteiger partial charge in [0.05, 0.1) is 0 Å². The Morgan fingerprint density at radius 1 is 1.44 bits per heavy atom. The van der Waals surface area contributed by atoms with Crippen LogP contribution in [0.25, 0.3) is 0 Å². The molecule has 1 aliphatic rings. The standard InChI is InChI=1S/C12H15N3O/c1-15-8-7-10(12(15)16)14-11(13)9-5-3-2-4-6-9/h2-6,10H,7-8H2,1H3,(H2,13,14). The van der Waals surface area contributed by atoms with Gasteiger partial charge in [-0.1, -0.05) is 30.3 Å². The van der Waals surface area contributed by atoms with Gasteiger partial charge in [-0.25, -0.2) is 0 Å². The number of nitrogens with zero attached hydrogens (tertiary/aromatic N) is 2. The Hall–Kier alpha value is -1.84. The molecule has 84 valence electrons. The Morgan fingerprint density at radius 2 is 2.12 bits per heavy atom. The summed E-state index contributed by atoms with van der Waals surface area (Å²) in [5.41, 5.74) is 6.73. The monoisotopic (exact) mass is 217 g/mol. The molecule has 1 aromatic carbocycles. The van der Waals surface area contributed by atoms with Crippen LogP contribution in [0.1, 0.15) is 12.0 Å². The molecule has 4 nitrogen and oxygen atoms in total. The first-order chi connectivity index (χ1) is 7.68. The third kappa shape index (κ3) is 2.05. The number of carbonyl (C=O) groups excluding carboxylic acids is 1. The molecule has 1 atom stereocenters. The van der Waals surface area contributed by atoms with Crippen LogP contribution in [-0.4, -0.2) is 36.3 Å². The van der Waals surface area contributed by atoms with Crippen molar-refractivity contribution in [1.29, 1.82) is 0 Å². The number of hydrogen-bond donors (Lipinski definition) is 1. The SMILES string of the molecule is CN1CCC(N=C(N)c2ccccc2)C1=O. The highest BCUT2D eigenvalue weighted by molar-refractivity contribution is 5.99. The summed E-state index contributed by atoms with van der Waals surface area (Å²) in [4.78, 5) is 17.6. The molecule has 1 saturated heterocycles. The highest BCUT2D eigenvalue weighted by Crippen LogP contribution is 2.13. The highest BCUT2D eigenvalue weighted by Gasteiger charge is 2.28. The van der Waals surface area contributed by atoms with Gasteiger partial charge in [-0.3, -0.25) is 9.79 Å². The molecular formula is C12H15N3O. The van der Waals surface area contributed by atoms with Gasteiger partial charge in [0.2, 0.25) is 5.91 Å². The average Bonchev–Trinajstić information content (AvgIpc) is 2.62. The summed E-state index contributed by atoms with van der Waals surface area (Å²) in [5, 5.41) is 0. The van der Waals surface area contributed by atoms with Crippen molar-refractivity contribution in [2.45, 2.75) is 12.5 Å². The van der Waals surface area contributed by atoms with E-state index < -0.39 is 0 Å². The van der Waals surface area contributed by atoms with Crippen molar-refractivity contribution in [1.82, 2.24) is 4.90 Å². The smallest absolute Gasteiger partial charge is 0.247 e. The second-order valence-electron chi connectivity index (χ2n) is 3.94. The van der Waals surface area contributed by atoms with E-state index in [1.807, 2.05) is 30.3 Å². The minimum absolute atomic E-state index is 0.0545. The summed E-state index contributed by atoms with van der Waals surface area (Å²) in [7, 11) is 1.79. The Balaban J connectivity index is 2.16. The van der Waals surface area contributed by atoms with Crippen molar-refractivity contribution in [3.63, 3.8) is 0 Å². The molecule has 1 amide bonds. The molecule has 1 aliphatic heterocycles. The van der Waals surface area contributed by atoms with Crippen LogP contribution in [0.15, 0.2) is 35.3 Å². The quantitative estimate of drug-likeness (QED) is 0.583. The maximum atomic E-state index is 11.6. The van der Waals surface area contributed by atoms with Crippen LogP contribution in [0.4, 0.5) is 0 Å². The average molecular weight is 217 g/mol. The van der Waals surface area contributed by atoms with Crippen molar-refractivity contribution in [2.75, 3.05) is 13.6 Å². The Labute approximate surface area is 94.8 Å². The first-order valence-corrected chi connectivity index (χ1v) is 5.32. The molecule has 0 radical (unpaired) electrons. The molecular weight excluding hydrogens is 202 g/mol. The Kier molecular flexibility index (Phi) is 2.90. The number of amides is 1. The summed E-state index contributed by atoms with van der Waals surface area (Å²) in [5.74, 6) is 0.494. The van der Waals surface area contributed by atoms with E-state index in [2.05, 4.69) is 4.99 Å². The number of amidine groups is 1. The molecule has 4 heteroatoms. The fourth-order valence-electron chi connectivity index (χ4n) is 1.78. The summed E-state index contributed by atoms with van der Waals surface area (Å²) in [6, 6.07) is 9.21. The number of aliphatic imine (C=N–C) groups is 1. The molecule has 1 fully saturated rings. The lowest BCUT2D eigenvalue weighted by molar-refractivity contribution is -0.127. The van der Waals surface area contributed by atoms with Crippen LogP contribution in [0.5, 0.6) is 0 Å². The van der Waals surface area contributed by atoms with Crippen LogP contribution in [0, 0.1) is 0 Å². The number of likely N-dealkylation sites (N-methyl/N-ethyl adjacent to an activating group) is 1.